The van der Waals surface area contributed by atoms with Crippen LogP contribution < -0.4 is 10.1 Å². The van der Waals surface area contributed by atoms with Gasteiger partial charge in [0.05, 0.1) is 17.8 Å². The first-order valence-corrected chi connectivity index (χ1v) is 6.23. The van der Waals surface area contributed by atoms with Crippen LogP contribution in [0.2, 0.25) is 5.02 Å². The average molecular weight is 293 g/mol. The number of aromatic nitrogens is 1. The van der Waals surface area contributed by atoms with Crippen LogP contribution in [0.5, 0.6) is 5.75 Å². The van der Waals surface area contributed by atoms with Crippen LogP contribution >= 0.6 is 11.6 Å². The van der Waals surface area contributed by atoms with Crippen molar-refractivity contribution in [2.75, 3.05) is 12.4 Å². The second kappa shape index (κ2) is 6.25. The number of pyridine rings is 1. The molecule has 0 amide bonds. The fourth-order valence-electron chi connectivity index (χ4n) is 1.69. The SMILES string of the molecule is COc1ccc(CNc2cc(Cl)cnc2C(=O)O)cc1. The highest BCUT2D eigenvalue weighted by Crippen LogP contribution is 2.20. The minimum absolute atomic E-state index is 0.0529. The van der Waals surface area contributed by atoms with Gasteiger partial charge in [0.2, 0.25) is 0 Å². The molecule has 20 heavy (non-hydrogen) atoms. The molecular weight excluding hydrogens is 280 g/mol. The van der Waals surface area contributed by atoms with Gasteiger partial charge in [-0.2, -0.15) is 0 Å². The van der Waals surface area contributed by atoms with E-state index in [2.05, 4.69) is 10.3 Å². The molecule has 0 radical (unpaired) electrons. The summed E-state index contributed by atoms with van der Waals surface area (Å²) in [7, 11) is 1.60. The summed E-state index contributed by atoms with van der Waals surface area (Å²) in [5.41, 5.74) is 1.32. The first-order chi connectivity index (χ1) is 9.60. The first kappa shape index (κ1) is 14.1. The van der Waals surface area contributed by atoms with Gasteiger partial charge in [-0.15, -0.1) is 0 Å². The lowest BCUT2D eigenvalue weighted by Gasteiger charge is -2.09. The number of carboxylic acids is 1. The minimum Gasteiger partial charge on any atom is -0.497 e. The molecule has 0 spiro atoms. The van der Waals surface area contributed by atoms with E-state index >= 15 is 0 Å². The number of anilines is 1. The Balaban J connectivity index is 2.13. The number of carbonyl (C=O) groups is 1. The number of nitrogens with zero attached hydrogens (tertiary/aromatic N) is 1. The third-order valence-corrected chi connectivity index (χ3v) is 2.91. The highest BCUT2D eigenvalue weighted by molar-refractivity contribution is 6.30. The molecule has 2 N–H and O–H groups in total. The lowest BCUT2D eigenvalue weighted by molar-refractivity contribution is 0.0691. The second-order valence-electron chi connectivity index (χ2n) is 4.06. The van der Waals surface area contributed by atoms with Crippen LogP contribution in [-0.2, 0) is 6.54 Å². The lowest BCUT2D eigenvalue weighted by atomic mass is 10.2. The van der Waals surface area contributed by atoms with Gasteiger partial charge in [0.15, 0.2) is 5.69 Å². The zero-order chi connectivity index (χ0) is 14.5. The zero-order valence-electron chi connectivity index (χ0n) is 10.8. The number of rotatable bonds is 5. The Labute approximate surface area is 121 Å². The summed E-state index contributed by atoms with van der Waals surface area (Å²) in [5, 5.41) is 12.5. The van der Waals surface area contributed by atoms with E-state index in [0.29, 0.717) is 17.3 Å². The van der Waals surface area contributed by atoms with Gasteiger partial charge in [-0.1, -0.05) is 23.7 Å². The highest BCUT2D eigenvalue weighted by Gasteiger charge is 2.12. The summed E-state index contributed by atoms with van der Waals surface area (Å²) in [4.78, 5) is 14.9. The summed E-state index contributed by atoms with van der Waals surface area (Å²) in [6.07, 6.45) is 1.31. The molecule has 6 heteroatoms. The Kier molecular flexibility index (Phi) is 4.42. The molecule has 104 valence electrons. The highest BCUT2D eigenvalue weighted by atomic mass is 35.5. The second-order valence-corrected chi connectivity index (χ2v) is 4.49. The maximum atomic E-state index is 11.1. The van der Waals surface area contributed by atoms with Crippen molar-refractivity contribution in [1.82, 2.24) is 4.98 Å². The van der Waals surface area contributed by atoms with Crippen LogP contribution in [0.3, 0.4) is 0 Å². The molecule has 0 aliphatic rings. The van der Waals surface area contributed by atoms with Crippen molar-refractivity contribution in [3.63, 3.8) is 0 Å². The maximum absolute atomic E-state index is 11.1. The van der Waals surface area contributed by atoms with Crippen molar-refractivity contribution in [3.8, 4) is 5.75 Å². The smallest absolute Gasteiger partial charge is 0.356 e. The van der Waals surface area contributed by atoms with E-state index in [1.807, 2.05) is 24.3 Å². The summed E-state index contributed by atoms with van der Waals surface area (Å²) in [6.45, 7) is 0.465. The number of ether oxygens (including phenoxy) is 1. The average Bonchev–Trinajstić information content (AvgIpc) is 2.45. The normalized spacial score (nSPS) is 10.1. The van der Waals surface area contributed by atoms with Crippen LogP contribution in [0, 0.1) is 0 Å². The van der Waals surface area contributed by atoms with Gasteiger partial charge in [-0.25, -0.2) is 9.78 Å². The van der Waals surface area contributed by atoms with Gasteiger partial charge >= 0.3 is 5.97 Å². The number of benzene rings is 1. The molecular formula is C14H13ClN2O3. The number of hydrogen-bond donors (Lipinski definition) is 2. The van der Waals surface area contributed by atoms with Crippen molar-refractivity contribution in [2.24, 2.45) is 0 Å². The van der Waals surface area contributed by atoms with Crippen LogP contribution in [-0.4, -0.2) is 23.2 Å². The Morgan fingerprint density at radius 1 is 1.40 bits per heavy atom. The molecule has 1 heterocycles. The molecule has 1 aromatic carbocycles. The maximum Gasteiger partial charge on any atom is 0.356 e. The molecule has 0 saturated carbocycles. The van der Waals surface area contributed by atoms with Gasteiger partial charge in [-0.3, -0.25) is 0 Å². The van der Waals surface area contributed by atoms with Crippen LogP contribution in [0.1, 0.15) is 16.1 Å². The Bertz CT molecular complexity index is 614. The molecule has 0 saturated heterocycles. The number of methoxy groups -OCH3 is 1. The van der Waals surface area contributed by atoms with E-state index in [0.717, 1.165) is 11.3 Å². The summed E-state index contributed by atoms with van der Waals surface area (Å²) in [6, 6.07) is 9.01. The summed E-state index contributed by atoms with van der Waals surface area (Å²) >= 11 is 5.83. The van der Waals surface area contributed by atoms with Crippen molar-refractivity contribution in [1.29, 1.82) is 0 Å². The van der Waals surface area contributed by atoms with E-state index in [1.54, 1.807) is 13.2 Å². The van der Waals surface area contributed by atoms with E-state index in [9.17, 15) is 4.79 Å². The topological polar surface area (TPSA) is 71.5 Å². The molecule has 0 unspecified atom stereocenters. The number of nitrogens with one attached hydrogen (secondary N) is 1. The number of hydrogen-bond acceptors (Lipinski definition) is 4. The monoisotopic (exact) mass is 292 g/mol. The first-order valence-electron chi connectivity index (χ1n) is 5.86. The fraction of sp³-hybridized carbons (Fsp3) is 0.143. The molecule has 0 bridgehead atoms. The van der Waals surface area contributed by atoms with E-state index in [4.69, 9.17) is 21.4 Å². The van der Waals surface area contributed by atoms with Gasteiger partial charge in [0.1, 0.15) is 5.75 Å². The number of halogens is 1. The van der Waals surface area contributed by atoms with Crippen LogP contribution in [0.25, 0.3) is 0 Å². The van der Waals surface area contributed by atoms with Crippen molar-refractivity contribution < 1.29 is 14.6 Å². The molecule has 0 atom stereocenters. The third-order valence-electron chi connectivity index (χ3n) is 2.70. The van der Waals surface area contributed by atoms with Gasteiger partial charge in [0.25, 0.3) is 0 Å². The van der Waals surface area contributed by atoms with E-state index in [-0.39, 0.29) is 5.69 Å². The molecule has 5 nitrogen and oxygen atoms in total. The number of carboxylic acid groups (broad SMARTS) is 1. The van der Waals surface area contributed by atoms with Crippen molar-refractivity contribution in [3.05, 3.63) is 52.8 Å². The van der Waals surface area contributed by atoms with Crippen molar-refractivity contribution >= 4 is 23.3 Å². The van der Waals surface area contributed by atoms with E-state index in [1.165, 1.54) is 6.20 Å². The summed E-state index contributed by atoms with van der Waals surface area (Å²) < 4.78 is 5.07. The minimum atomic E-state index is -1.10. The molecule has 2 aromatic rings. The van der Waals surface area contributed by atoms with Gasteiger partial charge in [-0.05, 0) is 23.8 Å². The lowest BCUT2D eigenvalue weighted by Crippen LogP contribution is -2.08. The standard InChI is InChI=1S/C14H13ClN2O3/c1-20-11-4-2-9(3-5-11)7-16-12-6-10(15)8-17-13(12)14(18)19/h2-6,8,16H,7H2,1H3,(H,18,19). The molecule has 1 aromatic heterocycles. The third kappa shape index (κ3) is 3.39. The molecule has 0 fully saturated rings. The molecule has 0 aliphatic carbocycles. The van der Waals surface area contributed by atoms with Crippen LogP contribution in [0.4, 0.5) is 5.69 Å². The van der Waals surface area contributed by atoms with Gasteiger partial charge < -0.3 is 15.2 Å². The summed E-state index contributed by atoms with van der Waals surface area (Å²) in [5.74, 6) is -0.330. The number of aromatic carboxylic acids is 1. The molecule has 0 aliphatic heterocycles. The molecule has 2 rings (SSSR count). The zero-order valence-corrected chi connectivity index (χ0v) is 11.5. The Morgan fingerprint density at radius 2 is 2.10 bits per heavy atom. The largest absolute Gasteiger partial charge is 0.497 e. The van der Waals surface area contributed by atoms with Gasteiger partial charge in [0, 0.05) is 12.7 Å². The van der Waals surface area contributed by atoms with Crippen molar-refractivity contribution in [2.45, 2.75) is 6.54 Å². The quantitative estimate of drug-likeness (QED) is 0.886. The Hall–Kier alpha value is -2.27. The predicted molar refractivity (Wildman–Crippen MR) is 76.5 cm³/mol. The predicted octanol–water partition coefficient (Wildman–Crippen LogP) is 3.05. The van der Waals surface area contributed by atoms with Crippen LogP contribution in [0.15, 0.2) is 36.5 Å². The van der Waals surface area contributed by atoms with E-state index < -0.39 is 5.97 Å². The Morgan fingerprint density at radius 3 is 2.70 bits per heavy atom. The fourth-order valence-corrected chi connectivity index (χ4v) is 1.84.